The predicted octanol–water partition coefficient (Wildman–Crippen LogP) is 1.27. The third-order valence-corrected chi connectivity index (χ3v) is 13.5. The molecule has 13 nitrogen and oxygen atoms in total. The van der Waals surface area contributed by atoms with Crippen molar-refractivity contribution in [2.75, 3.05) is 6.61 Å². The summed E-state index contributed by atoms with van der Waals surface area (Å²) in [6.07, 6.45) is -4.88. The Labute approximate surface area is 294 Å². The van der Waals surface area contributed by atoms with Gasteiger partial charge in [0.1, 0.15) is 41.7 Å². The number of carbonyl (C=O) groups is 2. The first-order valence-corrected chi connectivity index (χ1v) is 17.7. The number of aliphatic hydroxyl groups is 7. The van der Waals surface area contributed by atoms with E-state index in [0.29, 0.717) is 25.7 Å². The van der Waals surface area contributed by atoms with E-state index in [2.05, 4.69) is 19.9 Å². The van der Waals surface area contributed by atoms with E-state index in [0.717, 1.165) is 5.57 Å². The molecule has 0 aromatic rings. The summed E-state index contributed by atoms with van der Waals surface area (Å²) in [5, 5.41) is 76.2. The lowest BCUT2D eigenvalue weighted by molar-refractivity contribution is -0.371. The van der Waals surface area contributed by atoms with Crippen molar-refractivity contribution in [3.8, 4) is 0 Å². The molecule has 2 saturated carbocycles. The molecular formula is C37H58O13. The number of hydrogen-bond acceptors (Lipinski definition) is 13. The van der Waals surface area contributed by atoms with Gasteiger partial charge in [0.15, 0.2) is 18.4 Å². The molecule has 2 heterocycles. The van der Waals surface area contributed by atoms with Crippen molar-refractivity contribution in [3.05, 3.63) is 23.8 Å². The molecule has 15 atom stereocenters. The number of allylic oxidation sites excluding steroid dienone is 1. The van der Waals surface area contributed by atoms with Crippen LogP contribution in [0.4, 0.5) is 0 Å². The Balaban J connectivity index is 1.44. The minimum Gasteiger partial charge on any atom is -0.456 e. The van der Waals surface area contributed by atoms with Crippen LogP contribution in [0.1, 0.15) is 88.0 Å². The average Bonchev–Trinajstić information content (AvgIpc) is 3.23. The van der Waals surface area contributed by atoms with E-state index < -0.39 is 112 Å². The second-order valence-corrected chi connectivity index (χ2v) is 17.5. The molecule has 0 amide bonds. The third kappa shape index (κ3) is 6.03. The number of ketones is 1. The Kier molecular flexibility index (Phi) is 10.2. The van der Waals surface area contributed by atoms with Crippen LogP contribution in [0.3, 0.4) is 0 Å². The lowest BCUT2D eigenvalue weighted by Crippen LogP contribution is -2.66. The Morgan fingerprint density at radius 1 is 0.940 bits per heavy atom. The lowest BCUT2D eigenvalue weighted by atomic mass is 9.41. The molecule has 7 N–H and O–H groups in total. The zero-order chi connectivity index (χ0) is 37.6. The number of esters is 1. The fraction of sp³-hybridized carbons (Fsp3) is 0.838. The van der Waals surface area contributed by atoms with Gasteiger partial charge in [-0.15, -0.1) is 0 Å². The molecule has 13 heteroatoms. The molecule has 8 unspecified atom stereocenters. The van der Waals surface area contributed by atoms with Gasteiger partial charge in [0.2, 0.25) is 0 Å². The molecule has 0 aromatic heterocycles. The minimum atomic E-state index is -1.93. The number of ether oxygens (including phenoxy) is 4. The van der Waals surface area contributed by atoms with Crippen LogP contribution in [0.25, 0.3) is 0 Å². The number of carbonyl (C=O) groups excluding carboxylic acids is 2. The van der Waals surface area contributed by atoms with Crippen LogP contribution in [0, 0.1) is 33.5 Å². The molecule has 4 fully saturated rings. The fourth-order valence-corrected chi connectivity index (χ4v) is 10.5. The van der Waals surface area contributed by atoms with E-state index in [1.165, 1.54) is 26.0 Å². The second-order valence-electron chi connectivity index (χ2n) is 17.5. The summed E-state index contributed by atoms with van der Waals surface area (Å²) < 4.78 is 23.5. The molecule has 0 bridgehead atoms. The van der Waals surface area contributed by atoms with Crippen molar-refractivity contribution < 1.29 is 64.3 Å². The first-order chi connectivity index (χ1) is 22.9. The van der Waals surface area contributed by atoms with E-state index in [9.17, 15) is 45.3 Å². The van der Waals surface area contributed by atoms with Gasteiger partial charge in [-0.2, -0.15) is 0 Å². The Morgan fingerprint density at radius 3 is 2.18 bits per heavy atom. The molecule has 2 aliphatic heterocycles. The first-order valence-electron chi connectivity index (χ1n) is 17.7. The van der Waals surface area contributed by atoms with Crippen molar-refractivity contribution in [2.24, 2.45) is 33.5 Å². The van der Waals surface area contributed by atoms with E-state index in [-0.39, 0.29) is 5.92 Å². The molecule has 2 saturated heterocycles. The smallest absolute Gasteiger partial charge is 0.303 e. The van der Waals surface area contributed by atoms with E-state index >= 15 is 0 Å². The molecule has 5 rings (SSSR count). The summed E-state index contributed by atoms with van der Waals surface area (Å²) in [5.41, 5.74) is -4.78. The second kappa shape index (κ2) is 13.0. The normalized spacial score (nSPS) is 47.0. The van der Waals surface area contributed by atoms with Gasteiger partial charge in [-0.05, 0) is 80.9 Å². The first kappa shape index (κ1) is 39.4. The Hall–Kier alpha value is -1.78. The van der Waals surface area contributed by atoms with Gasteiger partial charge in [-0.25, -0.2) is 0 Å². The van der Waals surface area contributed by atoms with Crippen molar-refractivity contribution in [1.29, 1.82) is 0 Å². The average molecular weight is 711 g/mol. The van der Waals surface area contributed by atoms with Crippen molar-refractivity contribution in [2.45, 2.75) is 155 Å². The largest absolute Gasteiger partial charge is 0.456 e. The predicted molar refractivity (Wildman–Crippen MR) is 178 cm³/mol. The summed E-state index contributed by atoms with van der Waals surface area (Å²) in [7, 11) is 0. The maximum Gasteiger partial charge on any atom is 0.303 e. The SMILES string of the molecule is CC(=O)OC(C)(C)/C=C/C(=O)[C@](C)(O)C1[C@H](O)C[C@@]2(C)C3CC=C4C(O[C@H](OC5OC(CO)C(O)C(O)C5O)[C@H](O)C4(C)C)[C@]3(C)CC[C@]12C. The van der Waals surface area contributed by atoms with Crippen molar-refractivity contribution >= 4 is 11.8 Å². The summed E-state index contributed by atoms with van der Waals surface area (Å²) in [5.74, 6) is -2.00. The van der Waals surface area contributed by atoms with E-state index in [1.807, 2.05) is 20.8 Å². The standard InChI is InChI=1S/C37H58O13/c1-18(39)50-32(2,3)13-12-23(41)37(9,46)27-20(40)16-36(8)22-11-10-19-29(34(22,6)14-15-35(27,36)7)48-31(28(45)33(19,4)5)49-30-26(44)25(43)24(42)21(17-38)47-30/h10,12-13,20-22,24-31,38,40,42-46H,11,14-17H2,1-9H3/b13-12+/t20-,21?,22?,24?,25?,26?,27?,28+,29?,30?,31-,34-,35-,36+,37+/m1/s1. The molecule has 50 heavy (non-hydrogen) atoms. The van der Waals surface area contributed by atoms with Gasteiger partial charge in [0.05, 0.1) is 18.8 Å². The van der Waals surface area contributed by atoms with Crippen LogP contribution in [0.5, 0.6) is 0 Å². The van der Waals surface area contributed by atoms with Crippen LogP contribution in [0.2, 0.25) is 0 Å². The molecule has 5 aliphatic rings. The van der Waals surface area contributed by atoms with Gasteiger partial charge in [0, 0.05) is 23.7 Å². The summed E-state index contributed by atoms with van der Waals surface area (Å²) >= 11 is 0. The van der Waals surface area contributed by atoms with E-state index in [1.54, 1.807) is 13.8 Å². The van der Waals surface area contributed by atoms with Gasteiger partial charge in [-0.1, -0.05) is 40.7 Å². The van der Waals surface area contributed by atoms with Crippen LogP contribution >= 0.6 is 0 Å². The molecule has 3 aliphatic carbocycles. The molecule has 284 valence electrons. The van der Waals surface area contributed by atoms with Crippen LogP contribution in [-0.4, -0.2) is 121 Å². The van der Waals surface area contributed by atoms with E-state index in [4.69, 9.17) is 18.9 Å². The third-order valence-electron chi connectivity index (χ3n) is 13.5. The zero-order valence-electron chi connectivity index (χ0n) is 30.7. The highest BCUT2D eigenvalue weighted by molar-refractivity contribution is 5.97. The summed E-state index contributed by atoms with van der Waals surface area (Å²) in [4.78, 5) is 25.2. The Morgan fingerprint density at radius 2 is 1.58 bits per heavy atom. The minimum absolute atomic E-state index is 0.0922. The van der Waals surface area contributed by atoms with Gasteiger partial charge in [0.25, 0.3) is 0 Å². The maximum absolute atomic E-state index is 13.7. The highest BCUT2D eigenvalue weighted by Gasteiger charge is 2.73. The molecular weight excluding hydrogens is 652 g/mol. The monoisotopic (exact) mass is 710 g/mol. The number of rotatable bonds is 8. The number of aliphatic hydroxyl groups excluding tert-OH is 6. The lowest BCUT2D eigenvalue weighted by Gasteiger charge is -2.65. The van der Waals surface area contributed by atoms with Crippen molar-refractivity contribution in [3.63, 3.8) is 0 Å². The van der Waals surface area contributed by atoms with Gasteiger partial charge < -0.3 is 54.7 Å². The zero-order valence-corrected chi connectivity index (χ0v) is 30.7. The van der Waals surface area contributed by atoms with Gasteiger partial charge >= 0.3 is 5.97 Å². The quantitative estimate of drug-likeness (QED) is 0.108. The van der Waals surface area contributed by atoms with Crippen LogP contribution in [-0.2, 0) is 28.5 Å². The van der Waals surface area contributed by atoms with Crippen LogP contribution < -0.4 is 0 Å². The fourth-order valence-electron chi connectivity index (χ4n) is 10.5. The highest BCUT2D eigenvalue weighted by Crippen LogP contribution is 2.74. The summed E-state index contributed by atoms with van der Waals surface area (Å²) in [6.45, 7) is 15.4. The number of hydrogen-bond donors (Lipinski definition) is 7. The number of fused-ring (bicyclic) bond motifs is 5. The molecule has 0 radical (unpaired) electrons. The topological polar surface area (TPSA) is 213 Å². The molecule has 0 aromatic carbocycles. The van der Waals surface area contributed by atoms with Crippen molar-refractivity contribution in [1.82, 2.24) is 0 Å². The molecule has 0 spiro atoms. The Bertz CT molecular complexity index is 1390. The van der Waals surface area contributed by atoms with Gasteiger partial charge in [-0.3, -0.25) is 9.59 Å². The highest BCUT2D eigenvalue weighted by atomic mass is 16.8. The van der Waals surface area contributed by atoms with Crippen LogP contribution in [0.15, 0.2) is 23.8 Å². The summed E-state index contributed by atoms with van der Waals surface area (Å²) in [6, 6.07) is 0. The maximum atomic E-state index is 13.7.